The van der Waals surface area contributed by atoms with E-state index in [1.54, 1.807) is 0 Å². The molecule has 0 bridgehead atoms. The van der Waals surface area contributed by atoms with Crippen molar-refractivity contribution in [1.82, 2.24) is 5.32 Å². The summed E-state index contributed by atoms with van der Waals surface area (Å²) in [6.45, 7) is -0.216. The fourth-order valence-corrected chi connectivity index (χ4v) is 4.06. The molecular formula is C13H14ClF3N2O3S. The topological polar surface area (TPSA) is 75.3 Å². The first-order valence-corrected chi connectivity index (χ1v) is 8.87. The molecule has 1 saturated heterocycles. The number of carbonyl (C=O) groups excluding carboxylic acids is 1. The molecule has 0 radical (unpaired) electrons. The highest BCUT2D eigenvalue weighted by Crippen LogP contribution is 2.33. The van der Waals surface area contributed by atoms with E-state index in [0.717, 1.165) is 18.2 Å². The van der Waals surface area contributed by atoms with Crippen LogP contribution in [0.3, 0.4) is 0 Å². The average Bonchev–Trinajstić information content (AvgIpc) is 2.77. The second-order valence-electron chi connectivity index (χ2n) is 5.22. The monoisotopic (exact) mass is 370 g/mol. The van der Waals surface area contributed by atoms with Gasteiger partial charge in [0.2, 0.25) is 5.91 Å². The van der Waals surface area contributed by atoms with E-state index in [1.165, 1.54) is 0 Å². The first-order valence-electron chi connectivity index (χ1n) is 6.67. The Kier molecular flexibility index (Phi) is 5.22. The van der Waals surface area contributed by atoms with Gasteiger partial charge in [-0.25, -0.2) is 8.42 Å². The lowest BCUT2D eigenvalue weighted by Gasteiger charge is -2.13. The minimum atomic E-state index is -4.54. The second-order valence-corrected chi connectivity index (χ2v) is 7.86. The minimum absolute atomic E-state index is 0.0187. The van der Waals surface area contributed by atoms with Gasteiger partial charge in [0.05, 0.1) is 34.3 Å². The molecule has 128 valence electrons. The lowest BCUT2D eigenvalue weighted by atomic mass is 10.2. The minimum Gasteiger partial charge on any atom is -0.324 e. The summed E-state index contributed by atoms with van der Waals surface area (Å²) >= 11 is 5.77. The van der Waals surface area contributed by atoms with Gasteiger partial charge >= 0.3 is 6.18 Å². The molecule has 1 aliphatic rings. The van der Waals surface area contributed by atoms with Crippen molar-refractivity contribution in [2.24, 2.45) is 0 Å². The normalized spacial score (nSPS) is 20.4. The molecule has 1 aromatic carbocycles. The number of alkyl halides is 3. The molecule has 2 rings (SSSR count). The van der Waals surface area contributed by atoms with Crippen molar-refractivity contribution in [2.45, 2.75) is 18.6 Å². The molecule has 0 spiro atoms. The second kappa shape index (κ2) is 6.66. The third-order valence-electron chi connectivity index (χ3n) is 3.35. The van der Waals surface area contributed by atoms with Gasteiger partial charge in [-0.3, -0.25) is 4.79 Å². The van der Waals surface area contributed by atoms with Crippen LogP contribution in [0.2, 0.25) is 5.02 Å². The molecule has 1 atom stereocenters. The van der Waals surface area contributed by atoms with Crippen LogP contribution in [0.4, 0.5) is 18.9 Å². The van der Waals surface area contributed by atoms with Crippen molar-refractivity contribution in [2.75, 3.05) is 23.4 Å². The SMILES string of the molecule is O=C(CNC1CCS(=O)(=O)C1)Nc1cc(C(F)(F)F)ccc1Cl. The fourth-order valence-electron chi connectivity index (χ4n) is 2.18. The van der Waals surface area contributed by atoms with Crippen LogP contribution in [0, 0.1) is 0 Å². The van der Waals surface area contributed by atoms with E-state index in [2.05, 4.69) is 10.6 Å². The Balaban J connectivity index is 1.95. The van der Waals surface area contributed by atoms with Crippen molar-refractivity contribution in [3.05, 3.63) is 28.8 Å². The number of nitrogens with one attached hydrogen (secondary N) is 2. The molecule has 10 heteroatoms. The van der Waals surface area contributed by atoms with Crippen molar-refractivity contribution >= 4 is 33.0 Å². The fraction of sp³-hybridized carbons (Fsp3) is 0.462. The Morgan fingerprint density at radius 3 is 2.61 bits per heavy atom. The van der Waals surface area contributed by atoms with E-state index >= 15 is 0 Å². The standard InChI is InChI=1S/C13H14ClF3N2O3S/c14-10-2-1-8(13(15,16)17)5-11(10)19-12(20)6-18-9-3-4-23(21,22)7-9/h1-2,5,9,18H,3-4,6-7H2,(H,19,20). The van der Waals surface area contributed by atoms with Crippen LogP contribution < -0.4 is 10.6 Å². The summed E-state index contributed by atoms with van der Waals surface area (Å²) in [4.78, 5) is 11.8. The van der Waals surface area contributed by atoms with Gasteiger partial charge in [-0.2, -0.15) is 13.2 Å². The summed E-state index contributed by atoms with van der Waals surface area (Å²) in [6.07, 6.45) is -4.14. The van der Waals surface area contributed by atoms with Crippen molar-refractivity contribution < 1.29 is 26.4 Å². The summed E-state index contributed by atoms with van der Waals surface area (Å²) in [5.74, 6) is -0.591. The molecule has 1 amide bonds. The first-order chi connectivity index (χ1) is 10.6. The average molecular weight is 371 g/mol. The molecule has 1 heterocycles. The molecule has 0 aliphatic carbocycles. The zero-order valence-electron chi connectivity index (χ0n) is 11.8. The van der Waals surface area contributed by atoms with Gasteiger partial charge in [-0.1, -0.05) is 11.6 Å². The smallest absolute Gasteiger partial charge is 0.324 e. The summed E-state index contributed by atoms with van der Waals surface area (Å²) in [5.41, 5.74) is -1.07. The van der Waals surface area contributed by atoms with E-state index in [-0.39, 0.29) is 34.8 Å². The predicted molar refractivity (Wildman–Crippen MR) is 80.1 cm³/mol. The van der Waals surface area contributed by atoms with Gasteiger partial charge in [-0.05, 0) is 24.6 Å². The van der Waals surface area contributed by atoms with Gasteiger partial charge in [0, 0.05) is 6.04 Å². The van der Waals surface area contributed by atoms with Crippen LogP contribution in [0.1, 0.15) is 12.0 Å². The quantitative estimate of drug-likeness (QED) is 0.851. The highest BCUT2D eigenvalue weighted by molar-refractivity contribution is 7.91. The number of hydrogen-bond acceptors (Lipinski definition) is 4. The molecule has 1 unspecified atom stereocenters. The molecule has 0 saturated carbocycles. The number of amides is 1. The van der Waals surface area contributed by atoms with E-state index in [9.17, 15) is 26.4 Å². The Bertz CT molecular complexity index is 707. The summed E-state index contributed by atoms with van der Waals surface area (Å²) in [5, 5.41) is 5.03. The number of halogens is 4. The van der Waals surface area contributed by atoms with Crippen LogP contribution in [-0.4, -0.2) is 38.4 Å². The third-order valence-corrected chi connectivity index (χ3v) is 5.45. The zero-order chi connectivity index (χ0) is 17.3. The summed E-state index contributed by atoms with van der Waals surface area (Å²) in [6, 6.07) is 2.29. The largest absolute Gasteiger partial charge is 0.416 e. The number of carbonyl (C=O) groups is 1. The lowest BCUT2D eigenvalue weighted by Crippen LogP contribution is -2.36. The molecule has 0 aromatic heterocycles. The van der Waals surface area contributed by atoms with E-state index in [4.69, 9.17) is 11.6 Å². The van der Waals surface area contributed by atoms with Gasteiger partial charge in [-0.15, -0.1) is 0 Å². The Hall–Kier alpha value is -1.32. The molecule has 1 aromatic rings. The molecule has 2 N–H and O–H groups in total. The summed E-state index contributed by atoms with van der Waals surface area (Å²) in [7, 11) is -3.07. The van der Waals surface area contributed by atoms with Crippen LogP contribution in [0.25, 0.3) is 0 Å². The van der Waals surface area contributed by atoms with Crippen LogP contribution >= 0.6 is 11.6 Å². The van der Waals surface area contributed by atoms with E-state index in [1.807, 2.05) is 0 Å². The number of benzene rings is 1. The van der Waals surface area contributed by atoms with Crippen molar-refractivity contribution in [1.29, 1.82) is 0 Å². The predicted octanol–water partition coefficient (Wildman–Crippen LogP) is 2.07. The number of sulfone groups is 1. The maximum absolute atomic E-state index is 12.6. The molecule has 23 heavy (non-hydrogen) atoms. The van der Waals surface area contributed by atoms with E-state index < -0.39 is 27.5 Å². The molecule has 1 aliphatic heterocycles. The first kappa shape index (κ1) is 18.0. The Morgan fingerprint density at radius 2 is 2.04 bits per heavy atom. The summed E-state index contributed by atoms with van der Waals surface area (Å²) < 4.78 is 60.5. The van der Waals surface area contributed by atoms with E-state index in [0.29, 0.717) is 6.42 Å². The lowest BCUT2D eigenvalue weighted by molar-refractivity contribution is -0.137. The van der Waals surface area contributed by atoms with Crippen LogP contribution in [0.15, 0.2) is 18.2 Å². The number of hydrogen-bond donors (Lipinski definition) is 2. The van der Waals surface area contributed by atoms with Gasteiger partial charge in [0.15, 0.2) is 9.84 Å². The van der Waals surface area contributed by atoms with Crippen molar-refractivity contribution in [3.8, 4) is 0 Å². The van der Waals surface area contributed by atoms with Crippen LogP contribution in [0.5, 0.6) is 0 Å². The molecule has 5 nitrogen and oxygen atoms in total. The van der Waals surface area contributed by atoms with Gasteiger partial charge in [0.25, 0.3) is 0 Å². The molecule has 1 fully saturated rings. The number of rotatable bonds is 4. The highest BCUT2D eigenvalue weighted by Gasteiger charge is 2.31. The van der Waals surface area contributed by atoms with Crippen molar-refractivity contribution in [3.63, 3.8) is 0 Å². The molecular weight excluding hydrogens is 357 g/mol. The zero-order valence-corrected chi connectivity index (χ0v) is 13.4. The Morgan fingerprint density at radius 1 is 1.35 bits per heavy atom. The number of anilines is 1. The van der Waals surface area contributed by atoms with Gasteiger partial charge < -0.3 is 10.6 Å². The Labute approximate surface area is 136 Å². The maximum Gasteiger partial charge on any atom is 0.416 e. The maximum atomic E-state index is 12.6. The highest BCUT2D eigenvalue weighted by atomic mass is 35.5. The van der Waals surface area contributed by atoms with Crippen LogP contribution in [-0.2, 0) is 20.8 Å². The third kappa shape index (κ3) is 5.08. The van der Waals surface area contributed by atoms with Gasteiger partial charge in [0.1, 0.15) is 0 Å².